The summed E-state index contributed by atoms with van der Waals surface area (Å²) >= 11 is 0. The van der Waals surface area contributed by atoms with Gasteiger partial charge in [-0.15, -0.1) is 0 Å². The van der Waals surface area contributed by atoms with Crippen LogP contribution in [-0.4, -0.2) is 35.7 Å². The number of carbonyl (C=O) groups is 1. The molecule has 4 rings (SSSR count). The summed E-state index contributed by atoms with van der Waals surface area (Å²) in [7, 11) is 1.49. The van der Waals surface area contributed by atoms with Gasteiger partial charge in [0.2, 0.25) is 5.78 Å². The number of hydrogen-bond acceptors (Lipinski definition) is 5. The Balaban J connectivity index is 2.08. The SMILES string of the molecule is CCOC(=O)Cn1c(=O)c2c(nc3n(-c4ccc(F)cc4)c(C)c(C)n23)n(C)c1=O. The Hall–Kier alpha value is -3.69. The van der Waals surface area contributed by atoms with Crippen LogP contribution in [0.4, 0.5) is 4.39 Å². The number of ether oxygens (including phenoxy) is 1. The molecule has 30 heavy (non-hydrogen) atoms. The third-order valence-corrected chi connectivity index (χ3v) is 5.20. The molecule has 0 spiro atoms. The van der Waals surface area contributed by atoms with Gasteiger partial charge in [0, 0.05) is 24.1 Å². The molecule has 0 aliphatic rings. The van der Waals surface area contributed by atoms with Crippen molar-refractivity contribution < 1.29 is 13.9 Å². The van der Waals surface area contributed by atoms with Gasteiger partial charge in [0.25, 0.3) is 5.56 Å². The maximum Gasteiger partial charge on any atom is 0.333 e. The van der Waals surface area contributed by atoms with Crippen molar-refractivity contribution in [1.29, 1.82) is 0 Å². The molecule has 0 aliphatic carbocycles. The number of hydrogen-bond donors (Lipinski definition) is 0. The number of nitrogens with zero attached hydrogens (tertiary/aromatic N) is 5. The first-order chi connectivity index (χ1) is 14.3. The highest BCUT2D eigenvalue weighted by Gasteiger charge is 2.24. The standard InChI is InChI=1S/C20H20FN5O4/c1-5-30-15(27)10-24-18(28)16-17(23(4)20(24)29)22-19-25(11(2)12(3)26(16)19)14-8-6-13(21)7-9-14/h6-9H,5,10H2,1-4H3. The van der Waals surface area contributed by atoms with Crippen LogP contribution in [0.3, 0.4) is 0 Å². The minimum absolute atomic E-state index is 0.145. The van der Waals surface area contributed by atoms with E-state index in [2.05, 4.69) is 4.98 Å². The molecule has 0 atom stereocenters. The highest BCUT2D eigenvalue weighted by molar-refractivity contribution is 5.78. The average molecular weight is 413 g/mol. The number of rotatable bonds is 4. The zero-order chi connectivity index (χ0) is 21.7. The second-order valence-corrected chi connectivity index (χ2v) is 6.94. The van der Waals surface area contributed by atoms with Crippen LogP contribution in [0.25, 0.3) is 22.6 Å². The van der Waals surface area contributed by atoms with Crippen molar-refractivity contribution in [1.82, 2.24) is 23.1 Å². The molecule has 0 aliphatic heterocycles. The van der Waals surface area contributed by atoms with Crippen LogP contribution in [0.1, 0.15) is 18.3 Å². The largest absolute Gasteiger partial charge is 0.465 e. The fourth-order valence-corrected chi connectivity index (χ4v) is 3.62. The van der Waals surface area contributed by atoms with Crippen LogP contribution in [-0.2, 0) is 23.1 Å². The fourth-order valence-electron chi connectivity index (χ4n) is 3.62. The van der Waals surface area contributed by atoms with Crippen molar-refractivity contribution in [2.75, 3.05) is 6.61 Å². The van der Waals surface area contributed by atoms with E-state index in [0.29, 0.717) is 11.5 Å². The van der Waals surface area contributed by atoms with E-state index in [-0.39, 0.29) is 23.6 Å². The van der Waals surface area contributed by atoms with Gasteiger partial charge in [-0.3, -0.25) is 23.1 Å². The molecule has 0 saturated carbocycles. The molecule has 10 heteroatoms. The number of carbonyl (C=O) groups excluding carboxylic acids is 1. The van der Waals surface area contributed by atoms with E-state index in [1.54, 1.807) is 28.0 Å². The number of esters is 1. The first-order valence-electron chi connectivity index (χ1n) is 9.37. The molecule has 0 saturated heterocycles. The molecule has 1 aromatic carbocycles. The third-order valence-electron chi connectivity index (χ3n) is 5.20. The lowest BCUT2D eigenvalue weighted by Gasteiger charge is -2.08. The van der Waals surface area contributed by atoms with E-state index in [9.17, 15) is 18.8 Å². The molecule has 4 aromatic rings. The summed E-state index contributed by atoms with van der Waals surface area (Å²) in [4.78, 5) is 42.4. The van der Waals surface area contributed by atoms with Gasteiger partial charge in [0.05, 0.1) is 6.61 Å². The van der Waals surface area contributed by atoms with Crippen LogP contribution >= 0.6 is 0 Å². The van der Waals surface area contributed by atoms with Crippen molar-refractivity contribution in [3.8, 4) is 5.69 Å². The van der Waals surface area contributed by atoms with Crippen molar-refractivity contribution in [2.45, 2.75) is 27.3 Å². The van der Waals surface area contributed by atoms with E-state index < -0.39 is 23.8 Å². The lowest BCUT2D eigenvalue weighted by Crippen LogP contribution is -2.41. The van der Waals surface area contributed by atoms with Gasteiger partial charge in [-0.25, -0.2) is 13.8 Å². The molecule has 156 valence electrons. The Kier molecular flexibility index (Phi) is 4.56. The van der Waals surface area contributed by atoms with Crippen molar-refractivity contribution in [3.05, 3.63) is 62.3 Å². The molecule has 0 fully saturated rings. The smallest absolute Gasteiger partial charge is 0.333 e. The summed E-state index contributed by atoms with van der Waals surface area (Å²) in [6, 6.07) is 5.90. The number of halogens is 1. The van der Waals surface area contributed by atoms with Crippen LogP contribution in [0.15, 0.2) is 33.9 Å². The molecule has 0 bridgehead atoms. The van der Waals surface area contributed by atoms with Gasteiger partial charge in [0.1, 0.15) is 12.4 Å². The highest BCUT2D eigenvalue weighted by atomic mass is 19.1. The normalized spacial score (nSPS) is 11.5. The van der Waals surface area contributed by atoms with Crippen LogP contribution < -0.4 is 11.2 Å². The summed E-state index contributed by atoms with van der Waals surface area (Å²) < 4.78 is 23.8. The molecule has 0 N–H and O–H groups in total. The van der Waals surface area contributed by atoms with E-state index in [4.69, 9.17) is 4.74 Å². The lowest BCUT2D eigenvalue weighted by molar-refractivity contribution is -0.143. The van der Waals surface area contributed by atoms with Gasteiger partial charge in [-0.1, -0.05) is 0 Å². The second-order valence-electron chi connectivity index (χ2n) is 6.94. The van der Waals surface area contributed by atoms with Crippen molar-refractivity contribution >= 4 is 22.9 Å². The number of aromatic nitrogens is 5. The number of fused-ring (bicyclic) bond motifs is 3. The van der Waals surface area contributed by atoms with E-state index >= 15 is 0 Å². The number of aryl methyl sites for hydroxylation is 2. The Morgan fingerprint density at radius 3 is 2.43 bits per heavy atom. The molecule has 0 radical (unpaired) electrons. The summed E-state index contributed by atoms with van der Waals surface area (Å²) in [5, 5.41) is 0. The quantitative estimate of drug-likeness (QED) is 0.472. The van der Waals surface area contributed by atoms with Gasteiger partial charge in [0.15, 0.2) is 11.2 Å². The minimum Gasteiger partial charge on any atom is -0.465 e. The Bertz CT molecular complexity index is 1420. The predicted molar refractivity (Wildman–Crippen MR) is 108 cm³/mol. The van der Waals surface area contributed by atoms with E-state index in [1.165, 1.54) is 23.7 Å². The zero-order valence-electron chi connectivity index (χ0n) is 17.0. The predicted octanol–water partition coefficient (Wildman–Crippen LogP) is 1.46. The molecular weight excluding hydrogens is 393 g/mol. The Morgan fingerprint density at radius 1 is 1.13 bits per heavy atom. The zero-order valence-corrected chi connectivity index (χ0v) is 17.0. The average Bonchev–Trinajstić information content (AvgIpc) is 3.21. The summed E-state index contributed by atoms with van der Waals surface area (Å²) in [6.07, 6.45) is 0. The molecule has 3 aromatic heterocycles. The number of imidazole rings is 2. The van der Waals surface area contributed by atoms with E-state index in [1.807, 2.05) is 13.8 Å². The van der Waals surface area contributed by atoms with E-state index in [0.717, 1.165) is 16.0 Å². The summed E-state index contributed by atoms with van der Waals surface area (Å²) in [6.45, 7) is 4.99. The van der Waals surface area contributed by atoms with Crippen molar-refractivity contribution in [2.24, 2.45) is 7.05 Å². The Morgan fingerprint density at radius 2 is 1.80 bits per heavy atom. The highest BCUT2D eigenvalue weighted by Crippen LogP contribution is 2.24. The molecule has 0 amide bonds. The van der Waals surface area contributed by atoms with Gasteiger partial charge < -0.3 is 4.74 Å². The van der Waals surface area contributed by atoms with Gasteiger partial charge in [-0.2, -0.15) is 4.98 Å². The first kappa shape index (κ1) is 19.6. The molecular formula is C20H20FN5O4. The lowest BCUT2D eigenvalue weighted by atomic mass is 10.3. The van der Waals surface area contributed by atoms with Crippen LogP contribution in [0, 0.1) is 19.7 Å². The third kappa shape index (κ3) is 2.75. The maximum atomic E-state index is 13.4. The molecule has 3 heterocycles. The maximum absolute atomic E-state index is 13.4. The van der Waals surface area contributed by atoms with Crippen molar-refractivity contribution in [3.63, 3.8) is 0 Å². The first-order valence-corrected chi connectivity index (χ1v) is 9.37. The molecule has 9 nitrogen and oxygen atoms in total. The number of benzene rings is 1. The van der Waals surface area contributed by atoms with Crippen LogP contribution in [0.5, 0.6) is 0 Å². The van der Waals surface area contributed by atoms with Gasteiger partial charge >= 0.3 is 11.7 Å². The Labute approximate surface area is 169 Å². The topological polar surface area (TPSA) is 92.5 Å². The fraction of sp³-hybridized carbons (Fsp3) is 0.300. The minimum atomic E-state index is -0.673. The summed E-state index contributed by atoms with van der Waals surface area (Å²) in [5.74, 6) is -0.629. The monoisotopic (exact) mass is 413 g/mol. The second kappa shape index (κ2) is 6.97. The van der Waals surface area contributed by atoms with Crippen LogP contribution in [0.2, 0.25) is 0 Å². The van der Waals surface area contributed by atoms with Gasteiger partial charge in [-0.05, 0) is 45.0 Å². The summed E-state index contributed by atoms with van der Waals surface area (Å²) in [5.41, 5.74) is 1.28. The molecule has 0 unspecified atom stereocenters.